The number of ketones is 1. The van der Waals surface area contributed by atoms with E-state index in [-0.39, 0.29) is 34.3 Å². The van der Waals surface area contributed by atoms with Crippen molar-refractivity contribution in [2.45, 2.75) is 13.5 Å². The lowest BCUT2D eigenvalue weighted by molar-refractivity contribution is 0.101. The van der Waals surface area contributed by atoms with E-state index >= 15 is 0 Å². The molecule has 0 saturated heterocycles. The van der Waals surface area contributed by atoms with Crippen molar-refractivity contribution in [3.05, 3.63) is 64.2 Å². The second-order valence-electron chi connectivity index (χ2n) is 4.19. The molecule has 0 fully saturated rings. The SMILES string of the molecule is CC(=O)c1ccc(F)cc1OCc1c(F)cccc1Cl. The molecule has 0 atom stereocenters. The van der Waals surface area contributed by atoms with Crippen molar-refractivity contribution >= 4 is 17.4 Å². The van der Waals surface area contributed by atoms with Gasteiger partial charge in [0.05, 0.1) is 10.6 Å². The summed E-state index contributed by atoms with van der Waals surface area (Å²) in [6, 6.07) is 7.84. The highest BCUT2D eigenvalue weighted by Gasteiger charge is 2.12. The predicted molar refractivity (Wildman–Crippen MR) is 72.1 cm³/mol. The maximum atomic E-state index is 13.6. The number of hydrogen-bond donors (Lipinski definition) is 0. The molecule has 0 heterocycles. The van der Waals surface area contributed by atoms with E-state index in [0.29, 0.717) is 0 Å². The van der Waals surface area contributed by atoms with Crippen molar-refractivity contribution in [3.63, 3.8) is 0 Å². The second kappa shape index (κ2) is 6.01. The largest absolute Gasteiger partial charge is 0.488 e. The molecule has 0 spiro atoms. The van der Waals surface area contributed by atoms with Crippen molar-refractivity contribution < 1.29 is 18.3 Å². The fraction of sp³-hybridized carbons (Fsp3) is 0.133. The lowest BCUT2D eigenvalue weighted by Crippen LogP contribution is -2.04. The summed E-state index contributed by atoms with van der Waals surface area (Å²) in [5.41, 5.74) is 0.395. The maximum absolute atomic E-state index is 13.6. The Balaban J connectivity index is 2.27. The van der Waals surface area contributed by atoms with Crippen LogP contribution in [0.25, 0.3) is 0 Å². The smallest absolute Gasteiger partial charge is 0.163 e. The summed E-state index contributed by atoms with van der Waals surface area (Å²) in [6.07, 6.45) is 0. The summed E-state index contributed by atoms with van der Waals surface area (Å²) in [6.45, 7) is 1.16. The summed E-state index contributed by atoms with van der Waals surface area (Å²) in [4.78, 5) is 11.4. The van der Waals surface area contributed by atoms with E-state index in [1.54, 1.807) is 0 Å². The Hall–Kier alpha value is -1.94. The van der Waals surface area contributed by atoms with Crippen LogP contribution in [0.1, 0.15) is 22.8 Å². The standard InChI is InChI=1S/C15H11ClF2O2/c1-9(19)11-6-5-10(17)7-15(11)20-8-12-13(16)3-2-4-14(12)18/h2-7H,8H2,1H3. The minimum atomic E-state index is -0.537. The van der Waals surface area contributed by atoms with E-state index in [1.165, 1.54) is 37.3 Å². The molecule has 2 aromatic rings. The maximum Gasteiger partial charge on any atom is 0.163 e. The van der Waals surface area contributed by atoms with Crippen molar-refractivity contribution in [1.82, 2.24) is 0 Å². The molecule has 0 bridgehead atoms. The van der Waals surface area contributed by atoms with Gasteiger partial charge >= 0.3 is 0 Å². The first kappa shape index (κ1) is 14.5. The number of halogens is 3. The third-order valence-corrected chi connectivity index (χ3v) is 3.11. The highest BCUT2D eigenvalue weighted by Crippen LogP contribution is 2.25. The van der Waals surface area contributed by atoms with Crippen LogP contribution in [0.4, 0.5) is 8.78 Å². The minimum Gasteiger partial charge on any atom is -0.488 e. The molecule has 0 aromatic heterocycles. The van der Waals surface area contributed by atoms with Crippen LogP contribution < -0.4 is 4.74 Å². The molecular weight excluding hydrogens is 286 g/mol. The molecule has 104 valence electrons. The fourth-order valence-electron chi connectivity index (χ4n) is 1.73. The molecule has 0 unspecified atom stereocenters. The summed E-state index contributed by atoms with van der Waals surface area (Å²) < 4.78 is 32.1. The van der Waals surface area contributed by atoms with Gasteiger partial charge in [-0.1, -0.05) is 17.7 Å². The normalized spacial score (nSPS) is 10.4. The van der Waals surface area contributed by atoms with Gasteiger partial charge in [0.1, 0.15) is 24.0 Å². The van der Waals surface area contributed by atoms with Gasteiger partial charge in [-0.3, -0.25) is 4.79 Å². The van der Waals surface area contributed by atoms with Crippen LogP contribution in [0.2, 0.25) is 5.02 Å². The molecule has 0 aliphatic rings. The molecule has 20 heavy (non-hydrogen) atoms. The van der Waals surface area contributed by atoms with E-state index in [0.717, 1.165) is 6.07 Å². The van der Waals surface area contributed by atoms with Gasteiger partial charge in [0.2, 0.25) is 0 Å². The molecule has 0 N–H and O–H groups in total. The molecule has 0 aliphatic carbocycles. The first-order valence-electron chi connectivity index (χ1n) is 5.85. The van der Waals surface area contributed by atoms with E-state index in [2.05, 4.69) is 0 Å². The van der Waals surface area contributed by atoms with Crippen LogP contribution in [0.15, 0.2) is 36.4 Å². The van der Waals surface area contributed by atoms with Gasteiger partial charge in [0.25, 0.3) is 0 Å². The Morgan fingerprint density at radius 3 is 2.65 bits per heavy atom. The molecule has 2 nitrogen and oxygen atoms in total. The lowest BCUT2D eigenvalue weighted by Gasteiger charge is -2.11. The van der Waals surface area contributed by atoms with E-state index in [1.807, 2.05) is 0 Å². The summed E-state index contributed by atoms with van der Waals surface area (Å²) in [7, 11) is 0. The molecular formula is C15H11ClF2O2. The highest BCUT2D eigenvalue weighted by molar-refractivity contribution is 6.31. The van der Waals surface area contributed by atoms with Crippen molar-refractivity contribution in [2.75, 3.05) is 0 Å². The lowest BCUT2D eigenvalue weighted by atomic mass is 10.1. The first-order valence-corrected chi connectivity index (χ1v) is 6.23. The quantitative estimate of drug-likeness (QED) is 0.782. The average Bonchev–Trinajstić information content (AvgIpc) is 2.37. The molecule has 0 saturated carbocycles. The molecule has 0 aliphatic heterocycles. The van der Waals surface area contributed by atoms with Gasteiger partial charge in [-0.15, -0.1) is 0 Å². The molecule has 0 radical (unpaired) electrons. The van der Waals surface area contributed by atoms with Crippen molar-refractivity contribution in [3.8, 4) is 5.75 Å². The Morgan fingerprint density at radius 1 is 1.25 bits per heavy atom. The Kier molecular flexibility index (Phi) is 4.35. The number of benzene rings is 2. The average molecular weight is 297 g/mol. The summed E-state index contributed by atoms with van der Waals surface area (Å²) in [5, 5.41) is 0.214. The number of hydrogen-bond acceptors (Lipinski definition) is 2. The zero-order chi connectivity index (χ0) is 14.7. The van der Waals surface area contributed by atoms with Gasteiger partial charge in [-0.2, -0.15) is 0 Å². The zero-order valence-corrected chi connectivity index (χ0v) is 11.4. The monoisotopic (exact) mass is 296 g/mol. The third-order valence-electron chi connectivity index (χ3n) is 2.76. The van der Waals surface area contributed by atoms with Crippen molar-refractivity contribution in [1.29, 1.82) is 0 Å². The Labute approximate surface area is 119 Å². The Bertz CT molecular complexity index is 636. The van der Waals surface area contributed by atoms with Crippen LogP contribution in [0, 0.1) is 11.6 Å². The van der Waals surface area contributed by atoms with E-state index < -0.39 is 11.6 Å². The van der Waals surface area contributed by atoms with Crippen molar-refractivity contribution in [2.24, 2.45) is 0 Å². The number of carbonyl (C=O) groups excluding carboxylic acids is 1. The topological polar surface area (TPSA) is 26.3 Å². The van der Waals surface area contributed by atoms with Crippen LogP contribution in [-0.2, 0) is 6.61 Å². The first-order chi connectivity index (χ1) is 9.49. The Morgan fingerprint density at radius 2 is 2.00 bits per heavy atom. The number of ether oxygens (including phenoxy) is 1. The van der Waals surface area contributed by atoms with Crippen LogP contribution in [0.5, 0.6) is 5.75 Å². The molecule has 0 amide bonds. The third kappa shape index (κ3) is 3.14. The van der Waals surface area contributed by atoms with Gasteiger partial charge in [-0.05, 0) is 31.2 Å². The second-order valence-corrected chi connectivity index (χ2v) is 4.59. The summed E-state index contributed by atoms with van der Waals surface area (Å²) >= 11 is 5.87. The number of Topliss-reactive ketones (excluding diaryl/α,β-unsaturated/α-hetero) is 1. The predicted octanol–water partition coefficient (Wildman–Crippen LogP) is 4.40. The molecule has 2 rings (SSSR count). The molecule has 5 heteroatoms. The van der Waals surface area contributed by atoms with Gasteiger partial charge in [-0.25, -0.2) is 8.78 Å². The van der Waals surface area contributed by atoms with Crippen LogP contribution in [0.3, 0.4) is 0 Å². The number of carbonyl (C=O) groups is 1. The van der Waals surface area contributed by atoms with Gasteiger partial charge in [0, 0.05) is 11.6 Å². The van der Waals surface area contributed by atoms with E-state index in [4.69, 9.17) is 16.3 Å². The number of rotatable bonds is 4. The highest BCUT2D eigenvalue weighted by atomic mass is 35.5. The van der Waals surface area contributed by atoms with Gasteiger partial charge < -0.3 is 4.74 Å². The van der Waals surface area contributed by atoms with Crippen LogP contribution >= 0.6 is 11.6 Å². The van der Waals surface area contributed by atoms with E-state index in [9.17, 15) is 13.6 Å². The summed E-state index contributed by atoms with van der Waals surface area (Å²) in [5.74, 6) is -1.25. The zero-order valence-electron chi connectivity index (χ0n) is 10.6. The van der Waals surface area contributed by atoms with Crippen LogP contribution in [-0.4, -0.2) is 5.78 Å². The minimum absolute atomic E-state index is 0.0665. The van der Waals surface area contributed by atoms with Gasteiger partial charge in [0.15, 0.2) is 5.78 Å². The fourth-order valence-corrected chi connectivity index (χ4v) is 1.94. The molecule has 2 aromatic carbocycles.